The molecule has 292 valence electrons. The number of anilines is 1. The van der Waals surface area contributed by atoms with Crippen molar-refractivity contribution < 1.29 is 23.8 Å². The van der Waals surface area contributed by atoms with Crippen molar-refractivity contribution in [1.82, 2.24) is 34.5 Å². The van der Waals surface area contributed by atoms with Crippen LogP contribution in [0.3, 0.4) is 0 Å². The lowest BCUT2D eigenvalue weighted by molar-refractivity contribution is 0.0212. The van der Waals surface area contributed by atoms with Crippen LogP contribution < -0.4 is 10.1 Å². The van der Waals surface area contributed by atoms with E-state index in [1.807, 2.05) is 71.9 Å². The molecule has 2 aromatic heterocycles. The summed E-state index contributed by atoms with van der Waals surface area (Å²) in [5.41, 5.74) is 2.56. The number of amides is 2. The molecule has 16 heteroatoms. The molecule has 3 aliphatic rings. The Labute approximate surface area is 336 Å². The number of rotatable bonds is 3. The molecule has 0 radical (unpaired) electrons. The lowest BCUT2D eigenvalue weighted by atomic mass is 9.86. The van der Waals surface area contributed by atoms with Crippen LogP contribution in [-0.2, 0) is 29.1 Å². The summed E-state index contributed by atoms with van der Waals surface area (Å²) in [6, 6.07) is 13.0. The molecule has 4 aromatic rings. The molecule has 2 amide bonds. The molecular formula is C39H46Cl2N8O5S. The number of carbonyl (C=O) groups is 2. The average molecular weight is 810 g/mol. The number of hydrogen-bond acceptors (Lipinski definition) is 10. The fourth-order valence-corrected chi connectivity index (χ4v) is 7.25. The fraction of sp³-hybridized carbons (Fsp3) is 0.462. The first-order valence-electron chi connectivity index (χ1n) is 18.2. The molecule has 1 aliphatic carbocycles. The van der Waals surface area contributed by atoms with Crippen molar-refractivity contribution >= 4 is 58.3 Å². The van der Waals surface area contributed by atoms with Gasteiger partial charge in [0.1, 0.15) is 29.5 Å². The predicted octanol–water partition coefficient (Wildman–Crippen LogP) is 8.90. The summed E-state index contributed by atoms with van der Waals surface area (Å²) >= 11 is 17.6. The first-order chi connectivity index (χ1) is 26.0. The second-order valence-corrected chi connectivity index (χ2v) is 17.1. The molecule has 0 spiro atoms. The SMILES string of the molecule is CC(C)(C)OC(=O)N1CC(=S)Nc2ccc(Cl)cc2C1.CC(C)(C)OC(=O)N1Cc2cc(Cl)ccc2-n2c(nnc2[C@H]2CC[C@H](Oc3ccncn3)CC2)C1. The maximum absolute atomic E-state index is 13.0. The highest BCUT2D eigenvalue weighted by molar-refractivity contribution is 7.80. The van der Waals surface area contributed by atoms with Crippen LogP contribution in [-0.4, -0.2) is 75.6 Å². The summed E-state index contributed by atoms with van der Waals surface area (Å²) < 4.78 is 19.2. The lowest BCUT2D eigenvalue weighted by Gasteiger charge is -2.28. The quantitative estimate of drug-likeness (QED) is 0.199. The second-order valence-electron chi connectivity index (χ2n) is 15.7. The highest BCUT2D eigenvalue weighted by atomic mass is 35.5. The minimum atomic E-state index is -0.591. The van der Waals surface area contributed by atoms with E-state index < -0.39 is 11.2 Å². The number of nitrogens with zero attached hydrogens (tertiary/aromatic N) is 7. The normalized spacial score (nSPS) is 18.2. The van der Waals surface area contributed by atoms with Crippen LogP contribution in [0, 0.1) is 0 Å². The summed E-state index contributed by atoms with van der Waals surface area (Å²) in [6.45, 7) is 12.5. The van der Waals surface area contributed by atoms with Crippen LogP contribution in [0.5, 0.6) is 5.88 Å². The molecule has 0 bridgehead atoms. The maximum atomic E-state index is 13.0. The number of ether oxygens (including phenoxy) is 3. The van der Waals surface area contributed by atoms with Crippen LogP contribution in [0.25, 0.3) is 5.69 Å². The number of benzene rings is 2. The molecule has 2 aliphatic heterocycles. The van der Waals surface area contributed by atoms with Gasteiger partial charge < -0.3 is 19.5 Å². The van der Waals surface area contributed by atoms with E-state index in [-0.39, 0.29) is 24.2 Å². The number of thiocarbonyl (C=S) groups is 1. The molecule has 1 saturated carbocycles. The summed E-state index contributed by atoms with van der Waals surface area (Å²) in [4.78, 5) is 37.1. The molecule has 13 nitrogen and oxygen atoms in total. The van der Waals surface area contributed by atoms with Crippen molar-refractivity contribution in [3.8, 4) is 11.6 Å². The first-order valence-corrected chi connectivity index (χ1v) is 19.4. The third kappa shape index (κ3) is 10.6. The zero-order chi connectivity index (χ0) is 39.5. The van der Waals surface area contributed by atoms with E-state index in [0.717, 1.165) is 54.0 Å². The smallest absolute Gasteiger partial charge is 0.411 e. The van der Waals surface area contributed by atoms with E-state index in [0.29, 0.717) is 52.9 Å². The second kappa shape index (κ2) is 16.7. The number of nitrogens with one attached hydrogen (secondary N) is 1. The molecule has 1 fully saturated rings. The lowest BCUT2D eigenvalue weighted by Crippen LogP contribution is -2.38. The van der Waals surface area contributed by atoms with E-state index in [2.05, 4.69) is 30.0 Å². The number of halogens is 2. The van der Waals surface area contributed by atoms with Gasteiger partial charge in [0.25, 0.3) is 0 Å². The van der Waals surface area contributed by atoms with Gasteiger partial charge in [-0.2, -0.15) is 0 Å². The minimum absolute atomic E-state index is 0.112. The first kappa shape index (κ1) is 40.1. The Kier molecular flexibility index (Phi) is 12.2. The summed E-state index contributed by atoms with van der Waals surface area (Å²) in [7, 11) is 0. The van der Waals surface area contributed by atoms with Gasteiger partial charge in [-0.1, -0.05) is 35.4 Å². The summed E-state index contributed by atoms with van der Waals surface area (Å²) in [5, 5.41) is 13.5. The Morgan fingerprint density at radius 1 is 0.800 bits per heavy atom. The van der Waals surface area contributed by atoms with Gasteiger partial charge in [-0.05, 0) is 115 Å². The molecule has 0 saturated heterocycles. The average Bonchev–Trinajstić information content (AvgIpc) is 3.33. The van der Waals surface area contributed by atoms with Gasteiger partial charge in [0.2, 0.25) is 5.88 Å². The largest absolute Gasteiger partial charge is 0.474 e. The fourth-order valence-electron chi connectivity index (χ4n) is 6.60. The summed E-state index contributed by atoms with van der Waals surface area (Å²) in [5.74, 6) is 2.47. The zero-order valence-corrected chi connectivity index (χ0v) is 34.2. The molecule has 7 rings (SSSR count). The Bertz CT molecular complexity index is 2030. The maximum Gasteiger partial charge on any atom is 0.411 e. The highest BCUT2D eigenvalue weighted by Crippen LogP contribution is 2.37. The number of hydrogen-bond donors (Lipinski definition) is 1. The minimum Gasteiger partial charge on any atom is -0.474 e. The molecule has 2 aromatic carbocycles. The van der Waals surface area contributed by atoms with Crippen LogP contribution in [0.15, 0.2) is 55.0 Å². The van der Waals surface area contributed by atoms with Gasteiger partial charge in [-0.3, -0.25) is 14.4 Å². The Hall–Kier alpha value is -4.53. The molecular weight excluding hydrogens is 763 g/mol. The van der Waals surface area contributed by atoms with Gasteiger partial charge in [0, 0.05) is 33.9 Å². The van der Waals surface area contributed by atoms with E-state index in [4.69, 9.17) is 49.6 Å². The van der Waals surface area contributed by atoms with Gasteiger partial charge in [0.05, 0.1) is 36.9 Å². The molecule has 0 atom stereocenters. The third-order valence-electron chi connectivity index (χ3n) is 8.95. The van der Waals surface area contributed by atoms with Gasteiger partial charge in [0.15, 0.2) is 5.82 Å². The molecule has 55 heavy (non-hydrogen) atoms. The van der Waals surface area contributed by atoms with Crippen LogP contribution in [0.1, 0.15) is 95.9 Å². The van der Waals surface area contributed by atoms with Gasteiger partial charge >= 0.3 is 12.2 Å². The van der Waals surface area contributed by atoms with Crippen LogP contribution >= 0.6 is 35.4 Å². The Morgan fingerprint density at radius 3 is 2.05 bits per heavy atom. The van der Waals surface area contributed by atoms with Crippen molar-refractivity contribution in [2.45, 2.75) is 110 Å². The molecule has 1 N–H and O–H groups in total. The zero-order valence-electron chi connectivity index (χ0n) is 31.8. The van der Waals surface area contributed by atoms with Gasteiger partial charge in [-0.15, -0.1) is 10.2 Å². The van der Waals surface area contributed by atoms with E-state index in [9.17, 15) is 9.59 Å². The van der Waals surface area contributed by atoms with E-state index in [1.165, 1.54) is 6.33 Å². The van der Waals surface area contributed by atoms with E-state index >= 15 is 0 Å². The van der Waals surface area contributed by atoms with Crippen molar-refractivity contribution in [3.63, 3.8) is 0 Å². The number of carbonyl (C=O) groups excluding carboxylic acids is 2. The van der Waals surface area contributed by atoms with Crippen LogP contribution in [0.2, 0.25) is 10.0 Å². The van der Waals surface area contributed by atoms with Crippen molar-refractivity contribution in [3.05, 3.63) is 87.8 Å². The molecule has 0 unspecified atom stereocenters. The Morgan fingerprint density at radius 2 is 1.42 bits per heavy atom. The predicted molar refractivity (Wildman–Crippen MR) is 214 cm³/mol. The van der Waals surface area contributed by atoms with Crippen molar-refractivity contribution in [2.75, 3.05) is 11.9 Å². The third-order valence-corrected chi connectivity index (χ3v) is 9.65. The van der Waals surface area contributed by atoms with Gasteiger partial charge in [-0.25, -0.2) is 19.6 Å². The monoisotopic (exact) mass is 808 g/mol. The van der Waals surface area contributed by atoms with Crippen LogP contribution in [0.4, 0.5) is 15.3 Å². The number of fused-ring (bicyclic) bond motifs is 4. The standard InChI is InChI=1S/C25H29ClN6O3.C14H17ClN2O2S/c1-25(2,3)35-24(33)31-13-17-12-18(26)6-9-20(17)32-21(14-31)29-30-23(32)16-4-7-19(8-5-16)34-22-10-11-27-15-28-22;1-14(2,3)19-13(18)17-7-9-6-10(15)4-5-11(9)16-12(20)8-17/h6,9-12,15-16,19H,4-5,7-8,13-14H2,1-3H3;4-6H,7-8H2,1-3H3,(H,16,20)/t16-,19-;. The summed E-state index contributed by atoms with van der Waals surface area (Å²) in [6.07, 6.45) is 6.17. The number of aromatic nitrogens is 5. The van der Waals surface area contributed by atoms with Crippen molar-refractivity contribution in [2.24, 2.45) is 0 Å². The van der Waals surface area contributed by atoms with Crippen molar-refractivity contribution in [1.29, 1.82) is 0 Å². The topological polar surface area (TPSA) is 137 Å². The molecule has 4 heterocycles. The Balaban J connectivity index is 0.000000219. The van der Waals surface area contributed by atoms with E-state index in [1.54, 1.807) is 28.1 Å². The highest BCUT2D eigenvalue weighted by Gasteiger charge is 2.34.